The van der Waals surface area contributed by atoms with Crippen molar-refractivity contribution in [3.63, 3.8) is 0 Å². The molecule has 4 aromatic rings. The summed E-state index contributed by atoms with van der Waals surface area (Å²) in [7, 11) is 0. The Kier molecular flexibility index (Phi) is 12.3. The van der Waals surface area contributed by atoms with Crippen LogP contribution in [0, 0.1) is 5.41 Å². The topological polar surface area (TPSA) is 206 Å². The van der Waals surface area contributed by atoms with E-state index in [0.29, 0.717) is 0 Å². The van der Waals surface area contributed by atoms with Gasteiger partial charge in [-0.25, -0.2) is 19.2 Å². The van der Waals surface area contributed by atoms with Crippen LogP contribution in [-0.4, -0.2) is 78.6 Å². The van der Waals surface area contributed by atoms with Gasteiger partial charge >= 0.3 is 24.1 Å². The fourth-order valence-electron chi connectivity index (χ4n) is 6.45. The number of aliphatic carboxylic acids is 2. The molecule has 0 unspecified atom stereocenters. The summed E-state index contributed by atoms with van der Waals surface area (Å²) >= 11 is 0. The number of nitrogens with one attached hydrogen (secondary N) is 3. The number of amides is 3. The van der Waals surface area contributed by atoms with Gasteiger partial charge in [0, 0.05) is 30.3 Å². The van der Waals surface area contributed by atoms with Crippen LogP contribution < -0.4 is 21.7 Å². The number of carboxylic acids is 2. The molecule has 13 nitrogen and oxygen atoms in total. The second-order valence-corrected chi connectivity index (χ2v) is 13.9. The lowest BCUT2D eigenvalue weighted by Gasteiger charge is -2.21. The van der Waals surface area contributed by atoms with Gasteiger partial charge in [0.1, 0.15) is 25.3 Å². The number of nitrogens with two attached hydrogens (primary N) is 1. The van der Waals surface area contributed by atoms with Crippen LogP contribution in [-0.2, 0) is 23.9 Å². The number of hydrogen-bond acceptors (Lipinski definition) is 8. The largest absolute Gasteiger partial charge is 0.480 e. The van der Waals surface area contributed by atoms with Crippen molar-refractivity contribution in [2.45, 2.75) is 44.7 Å². The van der Waals surface area contributed by atoms with Gasteiger partial charge < -0.3 is 41.4 Å². The number of hydrogen-bond donors (Lipinski definition) is 6. The molecule has 0 radical (unpaired) electrons. The quantitative estimate of drug-likeness (QED) is 0.120. The molecule has 2 aliphatic carbocycles. The zero-order valence-electron chi connectivity index (χ0n) is 30.2. The van der Waals surface area contributed by atoms with Gasteiger partial charge in [-0.05, 0) is 44.5 Å². The fraction of sp³-hybridized carbons (Fsp3) is 0.293. The molecule has 0 aromatic heterocycles. The van der Waals surface area contributed by atoms with Gasteiger partial charge in [0.15, 0.2) is 0 Å². The Bertz CT molecular complexity index is 1930. The first-order chi connectivity index (χ1) is 25.8. The highest BCUT2D eigenvalue weighted by molar-refractivity contribution is 5.85. The van der Waals surface area contributed by atoms with E-state index in [1.807, 2.05) is 97.1 Å². The smallest absolute Gasteiger partial charge is 0.407 e. The minimum absolute atomic E-state index is 0.0655. The molecule has 2 aliphatic rings. The van der Waals surface area contributed by atoms with Crippen LogP contribution in [0.15, 0.2) is 97.1 Å². The van der Waals surface area contributed by atoms with E-state index in [1.165, 1.54) is 0 Å². The average molecular weight is 737 g/mol. The molecule has 4 aromatic carbocycles. The molecule has 0 saturated carbocycles. The standard InChI is InChI=1S/C23H26N2O5.C18H18N2O4/c1-23(2,3)21(28)24-12-19(20(26)27)25-22(29)30-13-18-16-10-6-4-8-14(16)15-9-5-7-11-17(15)18;19-9-16(17(21)22)20-18(23)24-10-15-13-7-3-1-5-11(13)12-6-2-4-8-14(12)15/h4-11,18-19H,12-13H2,1-3H3,(H,24,28)(H,25,29)(H,26,27);1-8,15-16H,9-10,19H2,(H,20,23)(H,21,22)/t19-;16-/m00/s1. The van der Waals surface area contributed by atoms with Crippen molar-refractivity contribution in [2.75, 3.05) is 26.3 Å². The average Bonchev–Trinajstić information content (AvgIpc) is 3.65. The number of carbonyl (C=O) groups is 5. The Morgan fingerprint density at radius 1 is 0.611 bits per heavy atom. The highest BCUT2D eigenvalue weighted by Gasteiger charge is 2.31. The molecule has 54 heavy (non-hydrogen) atoms. The van der Waals surface area contributed by atoms with Crippen LogP contribution in [0.4, 0.5) is 9.59 Å². The van der Waals surface area contributed by atoms with Gasteiger partial charge in [-0.1, -0.05) is 118 Å². The summed E-state index contributed by atoms with van der Waals surface area (Å²) < 4.78 is 10.6. The molecule has 13 heteroatoms. The first kappa shape index (κ1) is 39.0. The van der Waals surface area contributed by atoms with Crippen LogP contribution >= 0.6 is 0 Å². The lowest BCUT2D eigenvalue weighted by Crippen LogP contribution is -2.50. The van der Waals surface area contributed by atoms with E-state index < -0.39 is 41.6 Å². The zero-order valence-corrected chi connectivity index (χ0v) is 30.2. The Morgan fingerprint density at radius 2 is 0.944 bits per heavy atom. The first-order valence-corrected chi connectivity index (χ1v) is 17.5. The molecule has 0 spiro atoms. The number of carbonyl (C=O) groups excluding carboxylic acids is 3. The maximum absolute atomic E-state index is 12.3. The third kappa shape index (κ3) is 9.04. The molecular formula is C41H44N4O9. The second-order valence-electron chi connectivity index (χ2n) is 13.9. The summed E-state index contributed by atoms with van der Waals surface area (Å²) in [5.74, 6) is -2.93. The summed E-state index contributed by atoms with van der Waals surface area (Å²) in [5, 5.41) is 25.4. The molecule has 0 fully saturated rings. The molecule has 3 amide bonds. The molecule has 0 saturated heterocycles. The van der Waals surface area contributed by atoms with E-state index >= 15 is 0 Å². The summed E-state index contributed by atoms with van der Waals surface area (Å²) in [4.78, 5) is 58.4. The molecule has 0 aliphatic heterocycles. The number of fused-ring (bicyclic) bond motifs is 6. The van der Waals surface area contributed by atoms with E-state index in [-0.39, 0.29) is 44.0 Å². The number of alkyl carbamates (subject to hydrolysis) is 2. The summed E-state index contributed by atoms with van der Waals surface area (Å²) in [6.45, 7) is 4.96. The number of ether oxygens (including phenoxy) is 2. The molecule has 0 bridgehead atoms. The lowest BCUT2D eigenvalue weighted by molar-refractivity contribution is -0.140. The SMILES string of the molecule is CC(C)(C)C(=O)NC[C@H](NC(=O)OCC1c2ccccc2-c2ccccc21)C(=O)O.NC[C@H](NC(=O)OCC1c2ccccc2-c2ccccc21)C(=O)O. The number of benzene rings is 4. The Balaban J connectivity index is 0.000000213. The molecule has 6 rings (SSSR count). The molecule has 0 heterocycles. The van der Waals surface area contributed by atoms with E-state index in [1.54, 1.807) is 20.8 Å². The van der Waals surface area contributed by atoms with Gasteiger partial charge in [-0.2, -0.15) is 0 Å². The van der Waals surface area contributed by atoms with Crippen LogP contribution in [0.3, 0.4) is 0 Å². The Labute approximate surface area is 312 Å². The predicted molar refractivity (Wildman–Crippen MR) is 201 cm³/mol. The minimum Gasteiger partial charge on any atom is -0.480 e. The third-order valence-corrected chi connectivity index (χ3v) is 9.25. The summed E-state index contributed by atoms with van der Waals surface area (Å²) in [6, 6.07) is 29.4. The van der Waals surface area contributed by atoms with E-state index in [0.717, 1.165) is 44.5 Å². The maximum atomic E-state index is 12.3. The number of carboxylic acid groups (broad SMARTS) is 2. The van der Waals surface area contributed by atoms with E-state index in [2.05, 4.69) is 16.0 Å². The Morgan fingerprint density at radius 3 is 1.26 bits per heavy atom. The van der Waals surface area contributed by atoms with Crippen LogP contribution in [0.25, 0.3) is 22.3 Å². The fourth-order valence-corrected chi connectivity index (χ4v) is 6.45. The van der Waals surface area contributed by atoms with Crippen molar-refractivity contribution in [1.82, 2.24) is 16.0 Å². The summed E-state index contributed by atoms with van der Waals surface area (Å²) in [6.07, 6.45) is -1.62. The highest BCUT2D eigenvalue weighted by Crippen LogP contribution is 2.45. The molecule has 2 atom stereocenters. The molecule has 7 N–H and O–H groups in total. The summed E-state index contributed by atoms with van der Waals surface area (Å²) in [5.41, 5.74) is 13.5. The monoisotopic (exact) mass is 736 g/mol. The zero-order chi connectivity index (χ0) is 39.0. The number of rotatable bonds is 11. The van der Waals surface area contributed by atoms with Crippen molar-refractivity contribution in [3.8, 4) is 22.3 Å². The Hall–Kier alpha value is -6.21. The van der Waals surface area contributed by atoms with Crippen LogP contribution in [0.1, 0.15) is 54.9 Å². The lowest BCUT2D eigenvalue weighted by atomic mass is 9.95. The van der Waals surface area contributed by atoms with Crippen molar-refractivity contribution in [3.05, 3.63) is 119 Å². The van der Waals surface area contributed by atoms with Crippen molar-refractivity contribution >= 4 is 30.0 Å². The van der Waals surface area contributed by atoms with Crippen molar-refractivity contribution in [2.24, 2.45) is 11.1 Å². The maximum Gasteiger partial charge on any atom is 0.407 e. The first-order valence-electron chi connectivity index (χ1n) is 17.5. The van der Waals surface area contributed by atoms with Gasteiger partial charge in [-0.3, -0.25) is 4.79 Å². The van der Waals surface area contributed by atoms with Gasteiger partial charge in [0.2, 0.25) is 5.91 Å². The highest BCUT2D eigenvalue weighted by atomic mass is 16.6. The van der Waals surface area contributed by atoms with E-state index in [9.17, 15) is 29.1 Å². The van der Waals surface area contributed by atoms with Gasteiger partial charge in [-0.15, -0.1) is 0 Å². The third-order valence-electron chi connectivity index (χ3n) is 9.25. The van der Waals surface area contributed by atoms with Crippen molar-refractivity contribution in [1.29, 1.82) is 0 Å². The van der Waals surface area contributed by atoms with E-state index in [4.69, 9.17) is 20.3 Å². The predicted octanol–water partition coefficient (Wildman–Crippen LogP) is 5.08. The van der Waals surface area contributed by atoms with Crippen molar-refractivity contribution < 1.29 is 43.7 Å². The van der Waals surface area contributed by atoms with Crippen LogP contribution in [0.2, 0.25) is 0 Å². The minimum atomic E-state index is -1.29. The van der Waals surface area contributed by atoms with Gasteiger partial charge in [0.05, 0.1) is 0 Å². The van der Waals surface area contributed by atoms with Crippen LogP contribution in [0.5, 0.6) is 0 Å². The molecular weight excluding hydrogens is 692 g/mol. The normalized spacial score (nSPS) is 13.7. The molecule has 282 valence electrons. The second kappa shape index (κ2) is 17.1. The van der Waals surface area contributed by atoms with Gasteiger partial charge in [0.25, 0.3) is 0 Å².